The van der Waals surface area contributed by atoms with Gasteiger partial charge in [-0.05, 0) is 43.9 Å². The van der Waals surface area contributed by atoms with E-state index in [1.165, 1.54) is 12.8 Å². The molecule has 0 saturated heterocycles. The molecule has 0 amide bonds. The lowest BCUT2D eigenvalue weighted by atomic mass is 10.0. The topological polar surface area (TPSA) is 89.5 Å². The summed E-state index contributed by atoms with van der Waals surface area (Å²) in [5.41, 5.74) is 0. The predicted octanol–water partition coefficient (Wildman–Crippen LogP) is 11.6. The van der Waals surface area contributed by atoms with Gasteiger partial charge in [0.25, 0.3) is 0 Å². The minimum atomic E-state index is -0.575. The fourth-order valence-corrected chi connectivity index (χ4v) is 6.30. The van der Waals surface area contributed by atoms with Crippen molar-refractivity contribution >= 4 is 45.1 Å². The highest BCUT2D eigenvalue weighted by atomic mass is 35.5. The van der Waals surface area contributed by atoms with Crippen LogP contribution in [0.5, 0.6) is 11.5 Å². The number of rotatable bonds is 30. The molecule has 3 aromatic carbocycles. The summed E-state index contributed by atoms with van der Waals surface area (Å²) < 4.78 is 36.8. The summed E-state index contributed by atoms with van der Waals surface area (Å²) in [5.74, 6) is 0.794. The summed E-state index contributed by atoms with van der Waals surface area (Å²) in [6.07, 6.45) is 14.1. The van der Waals surface area contributed by atoms with Gasteiger partial charge >= 0.3 is 11.9 Å². The van der Waals surface area contributed by atoms with Gasteiger partial charge in [-0.3, -0.25) is 9.59 Å². The number of benzene rings is 3. The third kappa shape index (κ3) is 16.5. The Bertz CT molecular complexity index is 1480. The average Bonchev–Trinajstić information content (AvgIpc) is 3.15. The molecular formula is C44H65ClO8. The molecule has 0 bridgehead atoms. The summed E-state index contributed by atoms with van der Waals surface area (Å²) in [4.78, 5) is 25.7. The van der Waals surface area contributed by atoms with Crippen LogP contribution in [0.25, 0.3) is 21.5 Å². The van der Waals surface area contributed by atoms with Crippen molar-refractivity contribution in [1.82, 2.24) is 0 Å². The van der Waals surface area contributed by atoms with Crippen molar-refractivity contribution < 1.29 is 38.0 Å². The molecular weight excluding hydrogens is 692 g/mol. The van der Waals surface area contributed by atoms with Crippen LogP contribution in [0.3, 0.4) is 0 Å². The van der Waals surface area contributed by atoms with Gasteiger partial charge in [0, 0.05) is 52.6 Å². The Morgan fingerprint density at radius 2 is 0.962 bits per heavy atom. The van der Waals surface area contributed by atoms with Crippen LogP contribution in [0.1, 0.15) is 130 Å². The van der Waals surface area contributed by atoms with Crippen molar-refractivity contribution in [2.75, 3.05) is 39.6 Å². The molecule has 0 fully saturated rings. The van der Waals surface area contributed by atoms with Crippen LogP contribution >= 0.6 is 11.6 Å². The monoisotopic (exact) mass is 756 g/mol. The largest absolute Gasteiger partial charge is 0.488 e. The van der Waals surface area contributed by atoms with E-state index >= 15 is 0 Å². The molecule has 0 radical (unpaired) electrons. The summed E-state index contributed by atoms with van der Waals surface area (Å²) in [7, 11) is 0. The zero-order valence-corrected chi connectivity index (χ0v) is 33.7. The molecule has 0 heterocycles. The first-order chi connectivity index (χ1) is 25.9. The first-order valence-electron chi connectivity index (χ1n) is 20.4. The highest BCUT2D eigenvalue weighted by Crippen LogP contribution is 2.44. The summed E-state index contributed by atoms with van der Waals surface area (Å²) in [5, 5.41) is 3.78. The highest BCUT2D eigenvalue weighted by Gasteiger charge is 2.23. The van der Waals surface area contributed by atoms with E-state index in [1.54, 1.807) is 0 Å². The summed E-state index contributed by atoms with van der Waals surface area (Å²) in [6, 6.07) is 13.5. The first-order valence-corrected chi connectivity index (χ1v) is 20.7. The number of halogens is 1. The number of carbonyl (C=O) groups is 2. The molecule has 3 rings (SSSR count). The van der Waals surface area contributed by atoms with E-state index in [1.807, 2.05) is 42.5 Å². The SMILES string of the molecule is CCCCCCCC(=O)OC(COCCCC)COc1c2ccccc2c(OCC(COCCCC)OC(=O)CCCCCCC)c2cc(Cl)ccc12. The van der Waals surface area contributed by atoms with Gasteiger partial charge in [-0.15, -0.1) is 0 Å². The van der Waals surface area contributed by atoms with Crippen molar-refractivity contribution in [2.45, 2.75) is 143 Å². The lowest BCUT2D eigenvalue weighted by Crippen LogP contribution is -2.30. The maximum atomic E-state index is 12.9. The molecule has 53 heavy (non-hydrogen) atoms. The van der Waals surface area contributed by atoms with Crippen molar-refractivity contribution in [1.29, 1.82) is 0 Å². The van der Waals surface area contributed by atoms with E-state index in [2.05, 4.69) is 27.7 Å². The summed E-state index contributed by atoms with van der Waals surface area (Å²) >= 11 is 6.58. The highest BCUT2D eigenvalue weighted by molar-refractivity contribution is 6.31. The van der Waals surface area contributed by atoms with E-state index in [0.717, 1.165) is 98.6 Å². The Balaban J connectivity index is 1.84. The summed E-state index contributed by atoms with van der Waals surface area (Å²) in [6.45, 7) is 10.5. The van der Waals surface area contributed by atoms with Gasteiger partial charge in [-0.25, -0.2) is 0 Å². The number of carbonyl (C=O) groups excluding carboxylic acids is 2. The molecule has 0 aliphatic rings. The standard InChI is InChI=1S/C44H65ClO8/c1-5-9-13-15-17-23-41(46)52-35(30-48-27-11-7-3)32-50-43-37-21-19-20-22-38(37)44(40-29-34(45)25-26-39(40)43)51-33-36(31-49-28-12-8-4)53-42(47)24-18-16-14-10-6-2/h19-22,25-26,29,35-36H,5-18,23-24,27-28,30-33H2,1-4H3. The van der Waals surface area contributed by atoms with E-state index in [0.29, 0.717) is 42.6 Å². The van der Waals surface area contributed by atoms with Crippen LogP contribution in [0, 0.1) is 0 Å². The molecule has 9 heteroatoms. The van der Waals surface area contributed by atoms with Crippen LogP contribution in [0.2, 0.25) is 5.02 Å². The van der Waals surface area contributed by atoms with Crippen LogP contribution in [-0.4, -0.2) is 63.8 Å². The number of hydrogen-bond donors (Lipinski definition) is 0. The molecule has 0 N–H and O–H groups in total. The van der Waals surface area contributed by atoms with Crippen LogP contribution < -0.4 is 9.47 Å². The molecule has 8 nitrogen and oxygen atoms in total. The van der Waals surface area contributed by atoms with Crippen molar-refractivity contribution in [3.05, 3.63) is 47.5 Å². The second kappa shape index (κ2) is 26.7. The lowest BCUT2D eigenvalue weighted by molar-refractivity contribution is -0.155. The quantitative estimate of drug-likeness (QED) is 0.0377. The van der Waals surface area contributed by atoms with E-state index in [-0.39, 0.29) is 38.4 Å². The molecule has 0 spiro atoms. The average molecular weight is 757 g/mol. The Morgan fingerprint density at radius 1 is 0.528 bits per heavy atom. The third-order valence-corrected chi connectivity index (χ3v) is 9.41. The van der Waals surface area contributed by atoms with Gasteiger partial charge in [0.15, 0.2) is 12.2 Å². The fraction of sp³-hybridized carbons (Fsp3) is 0.636. The maximum absolute atomic E-state index is 12.9. The number of fused-ring (bicyclic) bond motifs is 2. The Morgan fingerprint density at radius 3 is 1.43 bits per heavy atom. The van der Waals surface area contributed by atoms with Gasteiger partial charge in [0.05, 0.1) is 13.2 Å². The van der Waals surface area contributed by atoms with Crippen LogP contribution in [0.4, 0.5) is 0 Å². The van der Waals surface area contributed by atoms with Gasteiger partial charge < -0.3 is 28.4 Å². The van der Waals surface area contributed by atoms with Crippen LogP contribution in [-0.2, 0) is 28.5 Å². The molecule has 0 aromatic heterocycles. The second-order valence-electron chi connectivity index (χ2n) is 13.9. The molecule has 0 aliphatic carbocycles. The first kappa shape index (κ1) is 44.3. The normalized spacial score (nSPS) is 12.5. The number of esters is 2. The zero-order chi connectivity index (χ0) is 38.1. The zero-order valence-electron chi connectivity index (χ0n) is 32.9. The van der Waals surface area contributed by atoms with Gasteiger partial charge in [0.1, 0.15) is 24.7 Å². The van der Waals surface area contributed by atoms with Crippen molar-refractivity contribution in [2.24, 2.45) is 0 Å². The van der Waals surface area contributed by atoms with Crippen molar-refractivity contribution in [3.8, 4) is 11.5 Å². The lowest BCUT2D eigenvalue weighted by Gasteiger charge is -2.23. The Kier molecular flexibility index (Phi) is 22.3. The van der Waals surface area contributed by atoms with Gasteiger partial charge in [0.2, 0.25) is 0 Å². The van der Waals surface area contributed by atoms with E-state index in [9.17, 15) is 9.59 Å². The molecule has 0 saturated carbocycles. The molecule has 296 valence electrons. The minimum Gasteiger partial charge on any atom is -0.488 e. The molecule has 2 atom stereocenters. The fourth-order valence-electron chi connectivity index (χ4n) is 6.13. The number of hydrogen-bond acceptors (Lipinski definition) is 8. The molecule has 0 aliphatic heterocycles. The second-order valence-corrected chi connectivity index (χ2v) is 14.4. The third-order valence-electron chi connectivity index (χ3n) is 9.17. The van der Waals surface area contributed by atoms with E-state index in [4.69, 9.17) is 40.0 Å². The Labute approximate surface area is 323 Å². The smallest absolute Gasteiger partial charge is 0.306 e. The maximum Gasteiger partial charge on any atom is 0.306 e. The van der Waals surface area contributed by atoms with Crippen molar-refractivity contribution in [3.63, 3.8) is 0 Å². The Hall–Kier alpha value is -3.07. The van der Waals surface area contributed by atoms with Crippen LogP contribution in [0.15, 0.2) is 42.5 Å². The van der Waals surface area contributed by atoms with Gasteiger partial charge in [-0.2, -0.15) is 0 Å². The molecule has 2 unspecified atom stereocenters. The van der Waals surface area contributed by atoms with E-state index < -0.39 is 12.2 Å². The molecule has 3 aromatic rings. The van der Waals surface area contributed by atoms with Gasteiger partial charge in [-0.1, -0.05) is 128 Å². The number of unbranched alkanes of at least 4 members (excludes halogenated alkanes) is 10. The predicted molar refractivity (Wildman–Crippen MR) is 215 cm³/mol. The minimum absolute atomic E-state index is 0.116. The number of ether oxygens (including phenoxy) is 6.